The summed E-state index contributed by atoms with van der Waals surface area (Å²) in [7, 11) is 0. The van der Waals surface area contributed by atoms with Crippen molar-refractivity contribution in [3.05, 3.63) is 34.9 Å². The van der Waals surface area contributed by atoms with Gasteiger partial charge in [0.15, 0.2) is 23.3 Å². The van der Waals surface area contributed by atoms with Gasteiger partial charge >= 0.3 is 6.18 Å². The molecule has 0 aliphatic carbocycles. The third-order valence-electron chi connectivity index (χ3n) is 2.62. The van der Waals surface area contributed by atoms with Crippen molar-refractivity contribution in [2.45, 2.75) is 25.4 Å². The molecular weight excluding hydrogens is 291 g/mol. The first-order valence-corrected chi connectivity index (χ1v) is 5.86. The Morgan fingerprint density at radius 3 is 1.70 bits per heavy atom. The van der Waals surface area contributed by atoms with Gasteiger partial charge in [-0.1, -0.05) is 6.42 Å². The Morgan fingerprint density at radius 2 is 1.35 bits per heavy atom. The molecule has 1 N–H and O–H groups in total. The summed E-state index contributed by atoms with van der Waals surface area (Å²) < 4.78 is 84.7. The molecule has 1 aliphatic rings. The summed E-state index contributed by atoms with van der Waals surface area (Å²) in [4.78, 5) is 0. The van der Waals surface area contributed by atoms with Gasteiger partial charge in [0, 0.05) is 0 Å². The molecule has 0 amide bonds. The number of rotatable bonds is 0. The Balaban J connectivity index is 0.000000276. The van der Waals surface area contributed by atoms with Crippen LogP contribution in [-0.4, -0.2) is 13.1 Å². The van der Waals surface area contributed by atoms with Gasteiger partial charge in [-0.25, -0.2) is 17.6 Å². The highest BCUT2D eigenvalue weighted by atomic mass is 19.4. The lowest BCUT2D eigenvalue weighted by molar-refractivity contribution is -0.140. The molecular formula is C12H12F7N. The Bertz CT molecular complexity index is 441. The molecule has 20 heavy (non-hydrogen) atoms. The van der Waals surface area contributed by atoms with Gasteiger partial charge in [0.05, 0.1) is 5.56 Å². The van der Waals surface area contributed by atoms with Crippen molar-refractivity contribution in [1.29, 1.82) is 0 Å². The van der Waals surface area contributed by atoms with Crippen LogP contribution in [0.1, 0.15) is 24.8 Å². The van der Waals surface area contributed by atoms with Crippen molar-refractivity contribution in [2.24, 2.45) is 0 Å². The molecule has 0 bridgehead atoms. The number of hydrogen-bond acceptors (Lipinski definition) is 1. The third kappa shape index (κ3) is 4.36. The van der Waals surface area contributed by atoms with E-state index in [0.29, 0.717) is 0 Å². The molecule has 1 fully saturated rings. The van der Waals surface area contributed by atoms with Crippen molar-refractivity contribution in [2.75, 3.05) is 13.1 Å². The number of alkyl halides is 3. The maximum atomic E-state index is 12.4. The number of halogens is 7. The molecule has 1 aromatic rings. The maximum Gasteiger partial charge on any atom is 0.419 e. The van der Waals surface area contributed by atoms with Crippen LogP contribution >= 0.6 is 0 Å². The summed E-state index contributed by atoms with van der Waals surface area (Å²) in [5.74, 6) is -9.28. The van der Waals surface area contributed by atoms with E-state index < -0.39 is 41.1 Å². The molecule has 0 saturated carbocycles. The zero-order chi connectivity index (χ0) is 15.3. The fourth-order valence-electron chi connectivity index (χ4n) is 1.58. The Morgan fingerprint density at radius 1 is 0.800 bits per heavy atom. The molecule has 1 aliphatic heterocycles. The molecule has 8 heteroatoms. The Hall–Kier alpha value is -1.31. The highest BCUT2D eigenvalue weighted by Gasteiger charge is 2.37. The van der Waals surface area contributed by atoms with Crippen LogP contribution < -0.4 is 5.32 Å². The van der Waals surface area contributed by atoms with Crippen LogP contribution in [0.3, 0.4) is 0 Å². The third-order valence-corrected chi connectivity index (χ3v) is 2.62. The second-order valence-corrected chi connectivity index (χ2v) is 4.16. The van der Waals surface area contributed by atoms with Crippen LogP contribution in [0.25, 0.3) is 0 Å². The average molecular weight is 303 g/mol. The van der Waals surface area contributed by atoms with Crippen molar-refractivity contribution in [3.8, 4) is 0 Å². The number of piperidine rings is 1. The molecule has 1 nitrogen and oxygen atoms in total. The number of nitrogens with one attached hydrogen (secondary N) is 1. The second-order valence-electron chi connectivity index (χ2n) is 4.16. The van der Waals surface area contributed by atoms with E-state index in [4.69, 9.17) is 0 Å². The summed E-state index contributed by atoms with van der Waals surface area (Å²) in [6.45, 7) is 2.50. The smallest absolute Gasteiger partial charge is 0.317 e. The van der Waals surface area contributed by atoms with E-state index >= 15 is 0 Å². The normalized spacial score (nSPS) is 15.6. The van der Waals surface area contributed by atoms with Crippen molar-refractivity contribution < 1.29 is 30.7 Å². The number of hydrogen-bond donors (Lipinski definition) is 1. The Labute approximate surface area is 110 Å². The van der Waals surface area contributed by atoms with Crippen LogP contribution in [0, 0.1) is 23.3 Å². The molecule has 0 atom stereocenters. The van der Waals surface area contributed by atoms with Crippen molar-refractivity contribution in [1.82, 2.24) is 5.32 Å². The van der Waals surface area contributed by atoms with E-state index in [0.717, 1.165) is 0 Å². The highest BCUT2D eigenvalue weighted by Crippen LogP contribution is 2.33. The molecule has 0 spiro atoms. The van der Waals surface area contributed by atoms with E-state index in [2.05, 4.69) is 5.32 Å². The minimum Gasteiger partial charge on any atom is -0.317 e. The summed E-state index contributed by atoms with van der Waals surface area (Å²) in [6.07, 6.45) is -1.05. The summed E-state index contributed by atoms with van der Waals surface area (Å²) in [5.41, 5.74) is -2.17. The van der Waals surface area contributed by atoms with E-state index in [-0.39, 0.29) is 0 Å². The maximum absolute atomic E-state index is 12.4. The van der Waals surface area contributed by atoms with Crippen molar-refractivity contribution in [3.63, 3.8) is 0 Å². The molecule has 1 heterocycles. The van der Waals surface area contributed by atoms with E-state index in [1.54, 1.807) is 0 Å². The first-order valence-electron chi connectivity index (χ1n) is 5.86. The molecule has 0 aromatic heterocycles. The molecule has 114 valence electrons. The van der Waals surface area contributed by atoms with E-state index in [1.807, 2.05) is 0 Å². The van der Waals surface area contributed by atoms with E-state index in [1.165, 1.54) is 32.4 Å². The quantitative estimate of drug-likeness (QED) is 0.433. The van der Waals surface area contributed by atoms with Crippen LogP contribution in [0.5, 0.6) is 0 Å². The van der Waals surface area contributed by atoms with Crippen LogP contribution in [-0.2, 0) is 6.18 Å². The topological polar surface area (TPSA) is 12.0 Å². The monoisotopic (exact) mass is 303 g/mol. The van der Waals surface area contributed by atoms with Gasteiger partial charge in [-0.05, 0) is 32.0 Å². The lowest BCUT2D eigenvalue weighted by atomic mass is 10.2. The summed E-state index contributed by atoms with van der Waals surface area (Å²) in [5, 5.41) is 3.28. The number of benzene rings is 1. The van der Waals surface area contributed by atoms with Crippen LogP contribution in [0.15, 0.2) is 6.07 Å². The molecule has 0 unspecified atom stereocenters. The second kappa shape index (κ2) is 6.92. The molecule has 0 radical (unpaired) electrons. The average Bonchev–Trinajstić information content (AvgIpc) is 2.42. The van der Waals surface area contributed by atoms with Gasteiger partial charge in [0.1, 0.15) is 0 Å². The van der Waals surface area contributed by atoms with Gasteiger partial charge in [-0.15, -0.1) is 0 Å². The van der Waals surface area contributed by atoms with Gasteiger partial charge in [-0.3, -0.25) is 0 Å². The van der Waals surface area contributed by atoms with Crippen LogP contribution in [0.4, 0.5) is 30.7 Å². The van der Waals surface area contributed by atoms with Crippen molar-refractivity contribution >= 4 is 0 Å². The van der Waals surface area contributed by atoms with E-state index in [9.17, 15) is 30.7 Å². The molecule has 1 saturated heterocycles. The zero-order valence-corrected chi connectivity index (χ0v) is 10.3. The minimum atomic E-state index is -5.26. The fourth-order valence-corrected chi connectivity index (χ4v) is 1.58. The lowest BCUT2D eigenvalue weighted by Crippen LogP contribution is -2.21. The lowest BCUT2D eigenvalue weighted by Gasteiger charge is -2.08. The minimum absolute atomic E-state index is 0.437. The zero-order valence-electron chi connectivity index (χ0n) is 10.3. The summed E-state index contributed by atoms with van der Waals surface area (Å²) in [6, 6.07) is -0.437. The summed E-state index contributed by atoms with van der Waals surface area (Å²) >= 11 is 0. The fraction of sp³-hybridized carbons (Fsp3) is 0.500. The predicted octanol–water partition coefficient (Wildman–Crippen LogP) is 4.02. The van der Waals surface area contributed by atoms with Gasteiger partial charge in [0.25, 0.3) is 0 Å². The largest absolute Gasteiger partial charge is 0.419 e. The standard InChI is InChI=1S/C7HF7.C5H11N/c8-3-1-2(7(12,13)14)4(9)6(11)5(3)10;1-2-4-6-5-3-1/h1H;6H,1-5H2. The van der Waals surface area contributed by atoms with Gasteiger partial charge in [0.2, 0.25) is 0 Å². The highest BCUT2D eigenvalue weighted by molar-refractivity contribution is 5.24. The Kier molecular flexibility index (Phi) is 5.79. The predicted molar refractivity (Wildman–Crippen MR) is 58.0 cm³/mol. The van der Waals surface area contributed by atoms with Gasteiger partial charge < -0.3 is 5.32 Å². The first-order chi connectivity index (χ1) is 9.25. The van der Waals surface area contributed by atoms with Gasteiger partial charge in [-0.2, -0.15) is 13.2 Å². The molecule has 1 aromatic carbocycles. The first kappa shape index (κ1) is 16.7. The SMILES string of the molecule is C1CCNCC1.Fc1cc(C(F)(F)F)c(F)c(F)c1F. The molecule has 2 rings (SSSR count). The van der Waals surface area contributed by atoms with Crippen LogP contribution in [0.2, 0.25) is 0 Å².